The molecular formula is C33H36N2O2. The third-order valence-corrected chi connectivity index (χ3v) is 8.32. The molecule has 0 saturated carbocycles. The Morgan fingerprint density at radius 3 is 1.97 bits per heavy atom. The highest BCUT2D eigenvalue weighted by molar-refractivity contribution is 6.08. The zero-order chi connectivity index (χ0) is 26.1. The maximum atomic E-state index is 13.8. The number of Topliss-reactive ketones (excluding diaryl/α,β-unsaturated/α-hetero) is 2. The summed E-state index contributed by atoms with van der Waals surface area (Å²) in [4.78, 5) is 27.5. The molecule has 37 heavy (non-hydrogen) atoms. The van der Waals surface area contributed by atoms with Crippen molar-refractivity contribution in [2.75, 3.05) is 0 Å². The molecule has 2 aromatic carbocycles. The van der Waals surface area contributed by atoms with Crippen molar-refractivity contribution in [1.82, 2.24) is 9.88 Å². The number of fused-ring (bicyclic) bond motifs is 1. The molecule has 4 nitrogen and oxygen atoms in total. The van der Waals surface area contributed by atoms with Crippen molar-refractivity contribution >= 4 is 22.5 Å². The molecule has 0 amide bonds. The number of aryl methyl sites for hydroxylation is 1. The molecule has 190 valence electrons. The van der Waals surface area contributed by atoms with E-state index >= 15 is 0 Å². The lowest BCUT2D eigenvalue weighted by molar-refractivity contribution is -0.119. The second-order valence-corrected chi connectivity index (χ2v) is 12.9. The first-order valence-corrected chi connectivity index (χ1v) is 13.4. The highest BCUT2D eigenvalue weighted by Crippen LogP contribution is 2.52. The Hall–Kier alpha value is -3.40. The third-order valence-electron chi connectivity index (χ3n) is 8.32. The smallest absolute Gasteiger partial charge is 0.162 e. The predicted molar refractivity (Wildman–Crippen MR) is 148 cm³/mol. The zero-order valence-corrected chi connectivity index (χ0v) is 22.6. The SMILES string of the molecule is Cc1ccc(Cn2cc(C3C4=C(CC(C)(C)CC4=O)NC4=C3C(=O)CC(C)(C)C4)c3ccccc32)cc1. The molecule has 2 heterocycles. The Morgan fingerprint density at radius 1 is 0.811 bits per heavy atom. The maximum absolute atomic E-state index is 13.8. The van der Waals surface area contributed by atoms with E-state index in [1.54, 1.807) is 0 Å². The Morgan fingerprint density at radius 2 is 1.38 bits per heavy atom. The monoisotopic (exact) mass is 492 g/mol. The highest BCUT2D eigenvalue weighted by Gasteiger charge is 2.47. The van der Waals surface area contributed by atoms with Crippen LogP contribution in [0.5, 0.6) is 0 Å². The van der Waals surface area contributed by atoms with Gasteiger partial charge in [0.15, 0.2) is 11.6 Å². The molecule has 1 aliphatic heterocycles. The summed E-state index contributed by atoms with van der Waals surface area (Å²) in [7, 11) is 0. The van der Waals surface area contributed by atoms with E-state index < -0.39 is 0 Å². The number of nitrogens with zero attached hydrogens (tertiary/aromatic N) is 1. The van der Waals surface area contributed by atoms with E-state index in [9.17, 15) is 9.59 Å². The van der Waals surface area contributed by atoms with Gasteiger partial charge in [0.25, 0.3) is 0 Å². The third kappa shape index (κ3) is 4.17. The lowest BCUT2D eigenvalue weighted by Crippen LogP contribution is -2.42. The fourth-order valence-electron chi connectivity index (χ4n) is 6.73. The normalized spacial score (nSPS) is 21.2. The van der Waals surface area contributed by atoms with Crippen LogP contribution in [0.1, 0.15) is 76.0 Å². The van der Waals surface area contributed by atoms with Gasteiger partial charge in [-0.1, -0.05) is 75.7 Å². The fraction of sp³-hybridized carbons (Fsp3) is 0.394. The van der Waals surface area contributed by atoms with Crippen LogP contribution in [0.2, 0.25) is 0 Å². The molecule has 0 atom stereocenters. The van der Waals surface area contributed by atoms with E-state index in [1.165, 1.54) is 11.1 Å². The molecule has 0 radical (unpaired) electrons. The molecule has 4 heteroatoms. The largest absolute Gasteiger partial charge is 0.362 e. The second kappa shape index (κ2) is 8.31. The summed E-state index contributed by atoms with van der Waals surface area (Å²) < 4.78 is 2.28. The van der Waals surface area contributed by atoms with Crippen molar-refractivity contribution < 1.29 is 9.59 Å². The van der Waals surface area contributed by atoms with Crippen LogP contribution in [0.3, 0.4) is 0 Å². The molecule has 1 N–H and O–H groups in total. The van der Waals surface area contributed by atoms with Crippen molar-refractivity contribution in [1.29, 1.82) is 0 Å². The average Bonchev–Trinajstić information content (AvgIpc) is 3.15. The first-order valence-electron chi connectivity index (χ1n) is 13.4. The van der Waals surface area contributed by atoms with E-state index in [-0.39, 0.29) is 28.3 Å². The standard InChI is InChI=1S/C33H36N2O2/c1-20-10-12-21(13-11-20)18-35-19-23(22-8-6-7-9-26(22)35)29-30-24(14-32(2,3)16-27(30)36)34-25-15-33(4,5)17-28(37)31(25)29/h6-13,19,29,34H,14-18H2,1-5H3. The number of nitrogens with one attached hydrogen (secondary N) is 1. The van der Waals surface area contributed by atoms with Crippen molar-refractivity contribution in [3.8, 4) is 0 Å². The van der Waals surface area contributed by atoms with Gasteiger partial charge in [0.2, 0.25) is 0 Å². The predicted octanol–water partition coefficient (Wildman–Crippen LogP) is 6.97. The number of hydrogen-bond acceptors (Lipinski definition) is 3. The Kier molecular flexibility index (Phi) is 5.38. The van der Waals surface area contributed by atoms with Gasteiger partial charge in [-0.25, -0.2) is 0 Å². The Balaban J connectivity index is 1.56. The van der Waals surface area contributed by atoms with Gasteiger partial charge in [0, 0.05) is 64.9 Å². The number of para-hydroxylation sites is 1. The number of allylic oxidation sites excluding steroid dienone is 4. The lowest BCUT2D eigenvalue weighted by Gasteiger charge is -2.43. The molecule has 0 fully saturated rings. The summed E-state index contributed by atoms with van der Waals surface area (Å²) >= 11 is 0. The molecule has 2 aliphatic carbocycles. The summed E-state index contributed by atoms with van der Waals surface area (Å²) in [5, 5.41) is 4.76. The number of carbonyl (C=O) groups is 2. The zero-order valence-electron chi connectivity index (χ0n) is 22.6. The van der Waals surface area contributed by atoms with Crippen molar-refractivity contribution in [3.63, 3.8) is 0 Å². The summed E-state index contributed by atoms with van der Waals surface area (Å²) in [6.45, 7) is 11.5. The van der Waals surface area contributed by atoms with Crippen molar-refractivity contribution in [2.45, 2.75) is 72.8 Å². The minimum Gasteiger partial charge on any atom is -0.362 e. The summed E-state index contributed by atoms with van der Waals surface area (Å²) in [6.07, 6.45) is 4.86. The molecular weight excluding hydrogens is 456 g/mol. The van der Waals surface area contributed by atoms with E-state index in [0.29, 0.717) is 12.8 Å². The van der Waals surface area contributed by atoms with Crippen molar-refractivity contribution in [2.24, 2.45) is 10.8 Å². The van der Waals surface area contributed by atoms with Crippen LogP contribution in [-0.2, 0) is 16.1 Å². The van der Waals surface area contributed by atoms with Gasteiger partial charge >= 0.3 is 0 Å². The van der Waals surface area contributed by atoms with E-state index in [2.05, 4.69) is 99.2 Å². The van der Waals surface area contributed by atoms with Crippen LogP contribution < -0.4 is 5.32 Å². The Bertz CT molecular complexity index is 1460. The first-order chi connectivity index (χ1) is 17.5. The van der Waals surface area contributed by atoms with Crippen LogP contribution in [0, 0.1) is 17.8 Å². The number of benzene rings is 2. The van der Waals surface area contributed by atoms with Crippen LogP contribution >= 0.6 is 0 Å². The highest BCUT2D eigenvalue weighted by atomic mass is 16.1. The number of dihydropyridines is 1. The molecule has 0 spiro atoms. The minimum atomic E-state index is -0.317. The van der Waals surface area contributed by atoms with Crippen LogP contribution in [0.25, 0.3) is 10.9 Å². The maximum Gasteiger partial charge on any atom is 0.162 e. The Labute approximate surface area is 219 Å². The molecule has 0 unspecified atom stereocenters. The second-order valence-electron chi connectivity index (χ2n) is 12.9. The number of hydrogen-bond donors (Lipinski definition) is 1. The topological polar surface area (TPSA) is 51.1 Å². The van der Waals surface area contributed by atoms with Gasteiger partial charge in [-0.2, -0.15) is 0 Å². The minimum absolute atomic E-state index is 0.0981. The quantitative estimate of drug-likeness (QED) is 0.429. The van der Waals surface area contributed by atoms with Gasteiger partial charge in [0.05, 0.1) is 0 Å². The molecule has 1 aromatic heterocycles. The first kappa shape index (κ1) is 24.0. The van der Waals surface area contributed by atoms with Crippen LogP contribution in [0.15, 0.2) is 77.3 Å². The molecule has 0 saturated heterocycles. The van der Waals surface area contributed by atoms with Crippen molar-refractivity contribution in [3.05, 3.63) is 94.0 Å². The van der Waals surface area contributed by atoms with Gasteiger partial charge in [-0.3, -0.25) is 9.59 Å². The van der Waals surface area contributed by atoms with Gasteiger partial charge in [-0.15, -0.1) is 0 Å². The number of rotatable bonds is 3. The summed E-state index contributed by atoms with van der Waals surface area (Å²) in [5.74, 6) is 0.0224. The number of carbonyl (C=O) groups excluding carboxylic acids is 2. The average molecular weight is 493 g/mol. The van der Waals surface area contributed by atoms with E-state index in [1.807, 2.05) is 0 Å². The van der Waals surface area contributed by atoms with Gasteiger partial charge in [-0.05, 0) is 47.8 Å². The van der Waals surface area contributed by atoms with Gasteiger partial charge in [0.1, 0.15) is 0 Å². The van der Waals surface area contributed by atoms with E-state index in [0.717, 1.165) is 58.4 Å². The number of ketones is 2. The molecule has 0 bridgehead atoms. The fourth-order valence-corrected chi connectivity index (χ4v) is 6.73. The lowest BCUT2D eigenvalue weighted by atomic mass is 9.64. The van der Waals surface area contributed by atoms with E-state index in [4.69, 9.17) is 0 Å². The summed E-state index contributed by atoms with van der Waals surface area (Å²) in [5.41, 5.74) is 8.14. The van der Waals surface area contributed by atoms with Crippen LogP contribution in [0.4, 0.5) is 0 Å². The number of aromatic nitrogens is 1. The summed E-state index contributed by atoms with van der Waals surface area (Å²) in [6, 6.07) is 17.1. The molecule has 6 rings (SSSR count). The molecule has 3 aromatic rings. The van der Waals surface area contributed by atoms with Gasteiger partial charge < -0.3 is 9.88 Å². The van der Waals surface area contributed by atoms with Crippen LogP contribution in [-0.4, -0.2) is 16.1 Å². The molecule has 3 aliphatic rings.